The third-order valence-electron chi connectivity index (χ3n) is 3.00. The summed E-state index contributed by atoms with van der Waals surface area (Å²) in [4.78, 5) is 8.40. The van der Waals surface area contributed by atoms with E-state index >= 15 is 0 Å². The van der Waals surface area contributed by atoms with E-state index in [0.29, 0.717) is 23.8 Å². The van der Waals surface area contributed by atoms with Crippen molar-refractivity contribution in [2.24, 2.45) is 5.73 Å². The second kappa shape index (κ2) is 5.41. The molecule has 6 heteroatoms. The molecule has 0 saturated heterocycles. The monoisotopic (exact) mass is 284 g/mol. The summed E-state index contributed by atoms with van der Waals surface area (Å²) < 4.78 is 18.7. The summed E-state index contributed by atoms with van der Waals surface area (Å²) in [6, 6.07) is 8.16. The van der Waals surface area contributed by atoms with Crippen molar-refractivity contribution in [2.45, 2.75) is 13.5 Å². The Labute approximate surface area is 120 Å². The zero-order valence-electron chi connectivity index (χ0n) is 11.4. The molecule has 0 unspecified atom stereocenters. The van der Waals surface area contributed by atoms with Crippen molar-refractivity contribution in [1.29, 1.82) is 0 Å². The maximum Gasteiger partial charge on any atom is 0.258 e. The summed E-state index contributed by atoms with van der Waals surface area (Å²) in [6.45, 7) is 2.14. The van der Waals surface area contributed by atoms with Crippen LogP contribution in [-0.4, -0.2) is 15.1 Å². The van der Waals surface area contributed by atoms with Crippen LogP contribution in [-0.2, 0) is 6.54 Å². The number of aryl methyl sites for hydroxylation is 1. The van der Waals surface area contributed by atoms with Gasteiger partial charge in [-0.2, -0.15) is 4.98 Å². The van der Waals surface area contributed by atoms with Crippen LogP contribution in [0, 0.1) is 12.7 Å². The Bertz CT molecular complexity index is 765. The number of benzene rings is 1. The van der Waals surface area contributed by atoms with E-state index in [1.54, 1.807) is 24.4 Å². The van der Waals surface area contributed by atoms with Crippen LogP contribution in [0.4, 0.5) is 4.39 Å². The average Bonchev–Trinajstić information content (AvgIpc) is 2.96. The Morgan fingerprint density at radius 3 is 2.81 bits per heavy atom. The van der Waals surface area contributed by atoms with E-state index in [0.717, 1.165) is 16.8 Å². The fourth-order valence-electron chi connectivity index (χ4n) is 2.05. The van der Waals surface area contributed by atoms with Gasteiger partial charge in [0.1, 0.15) is 5.82 Å². The molecule has 0 atom stereocenters. The van der Waals surface area contributed by atoms with E-state index in [1.165, 1.54) is 12.1 Å². The van der Waals surface area contributed by atoms with Crippen LogP contribution in [0.1, 0.15) is 11.3 Å². The molecule has 1 aromatic carbocycles. The number of rotatable bonds is 3. The molecule has 2 heterocycles. The first-order valence-corrected chi connectivity index (χ1v) is 6.42. The first kappa shape index (κ1) is 13.4. The summed E-state index contributed by atoms with van der Waals surface area (Å²) in [5.41, 5.74) is 8.40. The average molecular weight is 284 g/mol. The molecular weight excluding hydrogens is 271 g/mol. The van der Waals surface area contributed by atoms with E-state index in [1.807, 2.05) is 6.92 Å². The Morgan fingerprint density at radius 1 is 1.19 bits per heavy atom. The van der Waals surface area contributed by atoms with Gasteiger partial charge in [0.15, 0.2) is 0 Å². The van der Waals surface area contributed by atoms with Gasteiger partial charge >= 0.3 is 0 Å². The normalized spacial score (nSPS) is 10.8. The minimum atomic E-state index is -0.328. The second-order valence-electron chi connectivity index (χ2n) is 4.68. The number of halogens is 1. The van der Waals surface area contributed by atoms with E-state index in [2.05, 4.69) is 15.1 Å². The number of hydrogen-bond acceptors (Lipinski definition) is 5. The Balaban J connectivity index is 1.99. The largest absolute Gasteiger partial charge is 0.334 e. The third kappa shape index (κ3) is 2.80. The third-order valence-corrected chi connectivity index (χ3v) is 3.00. The summed E-state index contributed by atoms with van der Waals surface area (Å²) in [5, 5.41) is 3.90. The van der Waals surface area contributed by atoms with Crippen LogP contribution in [0.2, 0.25) is 0 Å². The highest BCUT2D eigenvalue weighted by molar-refractivity contribution is 5.60. The van der Waals surface area contributed by atoms with Crippen molar-refractivity contribution in [2.75, 3.05) is 0 Å². The SMILES string of the molecule is Cc1cc(F)cc(-c2noc(-c3ccnc(CN)c3)n2)c1. The maximum absolute atomic E-state index is 13.4. The summed E-state index contributed by atoms with van der Waals surface area (Å²) in [6.07, 6.45) is 1.63. The van der Waals surface area contributed by atoms with Gasteiger partial charge in [-0.3, -0.25) is 4.98 Å². The van der Waals surface area contributed by atoms with Crippen LogP contribution in [0.15, 0.2) is 41.1 Å². The molecule has 0 spiro atoms. The molecule has 21 heavy (non-hydrogen) atoms. The summed E-state index contributed by atoms with van der Waals surface area (Å²) in [5.74, 6) is 0.369. The van der Waals surface area contributed by atoms with E-state index in [9.17, 15) is 4.39 Å². The van der Waals surface area contributed by atoms with E-state index in [-0.39, 0.29) is 5.82 Å². The standard InChI is InChI=1S/C15H13FN4O/c1-9-4-11(6-12(16)5-9)14-19-15(21-20-14)10-2-3-18-13(7-10)8-17/h2-7H,8,17H2,1H3. The molecule has 3 aromatic rings. The molecular formula is C15H13FN4O. The molecule has 0 saturated carbocycles. The first-order valence-electron chi connectivity index (χ1n) is 6.42. The van der Waals surface area contributed by atoms with Gasteiger partial charge in [0, 0.05) is 23.9 Å². The van der Waals surface area contributed by atoms with Gasteiger partial charge in [-0.05, 0) is 42.8 Å². The number of hydrogen-bond donors (Lipinski definition) is 1. The van der Waals surface area contributed by atoms with Gasteiger partial charge < -0.3 is 10.3 Å². The van der Waals surface area contributed by atoms with Crippen molar-refractivity contribution in [3.63, 3.8) is 0 Å². The van der Waals surface area contributed by atoms with Crippen molar-refractivity contribution >= 4 is 0 Å². The molecule has 0 fully saturated rings. The lowest BCUT2D eigenvalue weighted by Gasteiger charge is -1.98. The summed E-state index contributed by atoms with van der Waals surface area (Å²) >= 11 is 0. The van der Waals surface area contributed by atoms with Crippen LogP contribution in [0.25, 0.3) is 22.8 Å². The fourth-order valence-corrected chi connectivity index (χ4v) is 2.05. The van der Waals surface area contributed by atoms with Gasteiger partial charge in [-0.1, -0.05) is 5.16 Å². The lowest BCUT2D eigenvalue weighted by molar-refractivity contribution is 0.432. The first-order chi connectivity index (χ1) is 10.2. The van der Waals surface area contributed by atoms with E-state index in [4.69, 9.17) is 10.3 Å². The quantitative estimate of drug-likeness (QED) is 0.800. The maximum atomic E-state index is 13.4. The molecule has 0 aliphatic carbocycles. The second-order valence-corrected chi connectivity index (χ2v) is 4.68. The van der Waals surface area contributed by atoms with Gasteiger partial charge in [0.2, 0.25) is 5.82 Å². The Morgan fingerprint density at radius 2 is 2.05 bits per heavy atom. The number of aromatic nitrogens is 3. The zero-order chi connectivity index (χ0) is 14.8. The van der Waals surface area contributed by atoms with Crippen LogP contribution in [0.5, 0.6) is 0 Å². The van der Waals surface area contributed by atoms with Crippen molar-refractivity contribution in [3.05, 3.63) is 53.6 Å². The van der Waals surface area contributed by atoms with E-state index < -0.39 is 0 Å². The van der Waals surface area contributed by atoms with Crippen molar-refractivity contribution in [3.8, 4) is 22.8 Å². The van der Waals surface area contributed by atoms with Crippen molar-refractivity contribution < 1.29 is 8.91 Å². The molecule has 3 rings (SSSR count). The lowest BCUT2D eigenvalue weighted by Crippen LogP contribution is -1.98. The lowest BCUT2D eigenvalue weighted by atomic mass is 10.1. The molecule has 2 N–H and O–H groups in total. The Kier molecular flexibility index (Phi) is 3.45. The van der Waals surface area contributed by atoms with Crippen LogP contribution < -0.4 is 5.73 Å². The minimum Gasteiger partial charge on any atom is -0.334 e. The van der Waals surface area contributed by atoms with Crippen LogP contribution >= 0.6 is 0 Å². The van der Waals surface area contributed by atoms with Gasteiger partial charge in [0.25, 0.3) is 5.89 Å². The zero-order valence-corrected chi connectivity index (χ0v) is 11.4. The number of nitrogens with zero attached hydrogens (tertiary/aromatic N) is 3. The Hall–Kier alpha value is -2.60. The van der Waals surface area contributed by atoms with Gasteiger partial charge in [-0.15, -0.1) is 0 Å². The fraction of sp³-hybridized carbons (Fsp3) is 0.133. The molecule has 5 nitrogen and oxygen atoms in total. The summed E-state index contributed by atoms with van der Waals surface area (Å²) in [7, 11) is 0. The van der Waals surface area contributed by atoms with Gasteiger partial charge in [0.05, 0.1) is 5.69 Å². The highest BCUT2D eigenvalue weighted by Crippen LogP contribution is 2.23. The molecule has 0 amide bonds. The highest BCUT2D eigenvalue weighted by atomic mass is 19.1. The predicted octanol–water partition coefficient (Wildman–Crippen LogP) is 2.70. The predicted molar refractivity (Wildman–Crippen MR) is 75.6 cm³/mol. The highest BCUT2D eigenvalue weighted by Gasteiger charge is 2.12. The minimum absolute atomic E-state index is 0.328. The smallest absolute Gasteiger partial charge is 0.258 e. The molecule has 2 aromatic heterocycles. The van der Waals surface area contributed by atoms with Gasteiger partial charge in [-0.25, -0.2) is 4.39 Å². The van der Waals surface area contributed by atoms with Crippen LogP contribution in [0.3, 0.4) is 0 Å². The number of pyridine rings is 1. The molecule has 106 valence electrons. The molecule has 0 radical (unpaired) electrons. The topological polar surface area (TPSA) is 77.8 Å². The van der Waals surface area contributed by atoms with Crippen molar-refractivity contribution in [1.82, 2.24) is 15.1 Å². The molecule has 0 bridgehead atoms. The number of nitrogens with two attached hydrogens (primary N) is 1. The molecule has 0 aliphatic rings. The molecule has 0 aliphatic heterocycles.